The first-order valence-electron chi connectivity index (χ1n) is 12.5. The van der Waals surface area contributed by atoms with Crippen LogP contribution in [0.15, 0.2) is 29.0 Å². The Morgan fingerprint density at radius 3 is 2.54 bits per heavy atom. The summed E-state index contributed by atoms with van der Waals surface area (Å²) in [5, 5.41) is 33.5. The number of aryl methyl sites for hydroxylation is 1. The van der Waals surface area contributed by atoms with Gasteiger partial charge in [0.2, 0.25) is 6.33 Å². The number of hydrogen-bond donors (Lipinski definition) is 4. The largest absolute Gasteiger partial charge is 0.396 e. The summed E-state index contributed by atoms with van der Waals surface area (Å²) in [5.74, 6) is -0.229. The second kappa shape index (κ2) is 13.7. The molecule has 0 saturated carbocycles. The summed E-state index contributed by atoms with van der Waals surface area (Å²) in [6, 6.07) is 0. The van der Waals surface area contributed by atoms with E-state index in [1.54, 1.807) is 22.5 Å². The zero-order valence-electron chi connectivity index (χ0n) is 21.0. The quantitative estimate of drug-likeness (QED) is 0.181. The van der Waals surface area contributed by atoms with E-state index in [4.69, 9.17) is 0 Å². The van der Waals surface area contributed by atoms with Crippen LogP contribution in [0.1, 0.15) is 12.8 Å². The lowest BCUT2D eigenvalue weighted by atomic mass is 10.2. The van der Waals surface area contributed by atoms with Gasteiger partial charge in [-0.25, -0.2) is 15.0 Å². The van der Waals surface area contributed by atoms with Crippen molar-refractivity contribution in [3.05, 3.63) is 29.1 Å². The van der Waals surface area contributed by atoms with E-state index >= 15 is 0 Å². The number of fused-ring (bicyclic) bond motifs is 1. The molecular formula is C22H35N11O3S. The molecule has 4 heterocycles. The van der Waals surface area contributed by atoms with Gasteiger partial charge >= 0.3 is 5.82 Å². The predicted molar refractivity (Wildman–Crippen MR) is 140 cm³/mol. The van der Waals surface area contributed by atoms with Crippen molar-refractivity contribution in [1.82, 2.24) is 49.9 Å². The van der Waals surface area contributed by atoms with E-state index < -0.39 is 11.0 Å². The maximum absolute atomic E-state index is 11.3. The molecule has 4 rings (SSSR count). The minimum absolute atomic E-state index is 0.229. The fourth-order valence-electron chi connectivity index (χ4n) is 4.24. The first-order chi connectivity index (χ1) is 18.0. The SMILES string of the molecule is Cn1cnc([N+](=O)[O-])c1Sc1ncnc2c1ncn2CC(O)CN1CCCNCCNCCCNCC1. The van der Waals surface area contributed by atoms with Gasteiger partial charge in [0.15, 0.2) is 10.7 Å². The van der Waals surface area contributed by atoms with Gasteiger partial charge in [0.25, 0.3) is 0 Å². The highest BCUT2D eigenvalue weighted by molar-refractivity contribution is 7.99. The molecule has 1 unspecified atom stereocenters. The number of aromatic nitrogens is 6. The molecule has 3 aromatic rings. The van der Waals surface area contributed by atoms with Crippen LogP contribution in [-0.4, -0.2) is 109 Å². The van der Waals surface area contributed by atoms with E-state index in [1.807, 2.05) is 0 Å². The van der Waals surface area contributed by atoms with Gasteiger partial charge in [0, 0.05) is 39.8 Å². The number of nitro groups is 1. The van der Waals surface area contributed by atoms with Crippen molar-refractivity contribution >= 4 is 28.7 Å². The average Bonchev–Trinajstić information content (AvgIpc) is 3.45. The predicted octanol–water partition coefficient (Wildman–Crippen LogP) is -0.155. The van der Waals surface area contributed by atoms with Gasteiger partial charge in [-0.1, -0.05) is 0 Å². The van der Waals surface area contributed by atoms with Crippen LogP contribution in [-0.2, 0) is 13.6 Å². The average molecular weight is 534 g/mol. The van der Waals surface area contributed by atoms with Crippen LogP contribution >= 0.6 is 11.8 Å². The third-order valence-corrected chi connectivity index (χ3v) is 7.25. The lowest BCUT2D eigenvalue weighted by molar-refractivity contribution is -0.392. The standard InChI is InChI=1S/C22H35N11O3S/c1-30-15-29-20(33(35)36)22(30)37-21-18-19(26-14-27-21)32(16-28-18)13-17(34)12-31-10-3-6-24-8-7-23-4-2-5-25-9-11-31/h14-17,23-25,34H,2-13H2,1H3. The van der Waals surface area contributed by atoms with Crippen LogP contribution in [0.2, 0.25) is 0 Å². The molecule has 3 aromatic heterocycles. The maximum atomic E-state index is 11.3. The molecule has 1 atom stereocenters. The van der Waals surface area contributed by atoms with E-state index in [1.165, 1.54) is 12.7 Å². The van der Waals surface area contributed by atoms with Crippen LogP contribution in [0.25, 0.3) is 11.2 Å². The van der Waals surface area contributed by atoms with Gasteiger partial charge in [-0.3, -0.25) is 4.90 Å². The Morgan fingerprint density at radius 2 is 1.76 bits per heavy atom. The van der Waals surface area contributed by atoms with Gasteiger partial charge < -0.3 is 40.3 Å². The van der Waals surface area contributed by atoms with E-state index in [2.05, 4.69) is 40.8 Å². The van der Waals surface area contributed by atoms with Crippen LogP contribution in [0.3, 0.4) is 0 Å². The second-order valence-corrected chi connectivity index (χ2v) is 9.98. The Labute approximate surface area is 219 Å². The first kappa shape index (κ1) is 27.3. The van der Waals surface area contributed by atoms with Gasteiger partial charge in [-0.15, -0.1) is 0 Å². The molecule has 14 nitrogen and oxygen atoms in total. The molecule has 1 fully saturated rings. The summed E-state index contributed by atoms with van der Waals surface area (Å²) in [6.07, 6.45) is 5.93. The molecule has 15 heteroatoms. The monoisotopic (exact) mass is 533 g/mol. The summed E-state index contributed by atoms with van der Waals surface area (Å²) in [5.41, 5.74) is 1.10. The number of imidazole rings is 2. The lowest BCUT2D eigenvalue weighted by Crippen LogP contribution is -2.41. The summed E-state index contributed by atoms with van der Waals surface area (Å²) in [7, 11) is 1.69. The molecule has 0 spiro atoms. The first-order valence-corrected chi connectivity index (χ1v) is 13.4. The van der Waals surface area contributed by atoms with Crippen LogP contribution in [0, 0.1) is 10.1 Å². The van der Waals surface area contributed by atoms with Crippen molar-refractivity contribution in [3.8, 4) is 0 Å². The zero-order chi connectivity index (χ0) is 26.0. The smallest absolute Gasteiger partial charge is 0.390 e. The van der Waals surface area contributed by atoms with E-state index in [0.29, 0.717) is 34.3 Å². The molecule has 37 heavy (non-hydrogen) atoms. The number of hydrogen-bond acceptors (Lipinski definition) is 12. The van der Waals surface area contributed by atoms with Crippen molar-refractivity contribution in [1.29, 1.82) is 0 Å². The molecule has 0 aromatic carbocycles. The van der Waals surface area contributed by atoms with Crippen molar-refractivity contribution in [2.24, 2.45) is 7.05 Å². The molecule has 0 radical (unpaired) electrons. The molecular weight excluding hydrogens is 498 g/mol. The van der Waals surface area contributed by atoms with Gasteiger partial charge in [0.1, 0.15) is 16.9 Å². The van der Waals surface area contributed by atoms with Crippen molar-refractivity contribution < 1.29 is 10.0 Å². The number of nitrogens with zero attached hydrogens (tertiary/aromatic N) is 8. The van der Waals surface area contributed by atoms with Crippen LogP contribution < -0.4 is 16.0 Å². The van der Waals surface area contributed by atoms with Crippen LogP contribution in [0.5, 0.6) is 0 Å². The van der Waals surface area contributed by atoms with Crippen LogP contribution in [0.4, 0.5) is 5.82 Å². The highest BCUT2D eigenvalue weighted by Gasteiger charge is 2.24. The number of nitrogens with one attached hydrogen (secondary N) is 3. The van der Waals surface area contributed by atoms with E-state index in [0.717, 1.165) is 77.0 Å². The van der Waals surface area contributed by atoms with E-state index in [-0.39, 0.29) is 5.82 Å². The summed E-state index contributed by atoms with van der Waals surface area (Å²) in [6.45, 7) is 8.37. The molecule has 1 aliphatic heterocycles. The van der Waals surface area contributed by atoms with E-state index in [9.17, 15) is 15.2 Å². The molecule has 0 amide bonds. The molecule has 1 aliphatic rings. The summed E-state index contributed by atoms with van der Waals surface area (Å²) in [4.78, 5) is 30.1. The fraction of sp³-hybridized carbons (Fsp3) is 0.636. The minimum atomic E-state index is -0.613. The molecule has 202 valence electrons. The highest BCUT2D eigenvalue weighted by atomic mass is 32.2. The highest BCUT2D eigenvalue weighted by Crippen LogP contribution is 2.35. The van der Waals surface area contributed by atoms with Crippen molar-refractivity contribution in [2.75, 3.05) is 58.9 Å². The number of β-amino-alcohol motifs (C(OH)–C–C–N with tert-alkyl or cyclic N) is 1. The maximum Gasteiger partial charge on any atom is 0.396 e. The number of rotatable bonds is 7. The Kier molecular flexibility index (Phi) is 10.2. The molecule has 4 N–H and O–H groups in total. The third-order valence-electron chi connectivity index (χ3n) is 6.09. The zero-order valence-corrected chi connectivity index (χ0v) is 21.9. The minimum Gasteiger partial charge on any atom is -0.390 e. The van der Waals surface area contributed by atoms with Crippen molar-refractivity contribution in [2.45, 2.75) is 35.5 Å². The number of aliphatic hydroxyl groups is 1. The molecule has 0 aliphatic carbocycles. The molecule has 0 bridgehead atoms. The Hall–Kier alpha value is -2.69. The number of aliphatic hydroxyl groups excluding tert-OH is 1. The third kappa shape index (κ3) is 7.66. The summed E-state index contributed by atoms with van der Waals surface area (Å²) >= 11 is 1.12. The van der Waals surface area contributed by atoms with Gasteiger partial charge in [0.05, 0.1) is 19.0 Å². The van der Waals surface area contributed by atoms with Gasteiger partial charge in [-0.05, 0) is 60.7 Å². The topological polar surface area (TPSA) is 164 Å². The fourth-order valence-corrected chi connectivity index (χ4v) is 5.17. The Morgan fingerprint density at radius 1 is 1.00 bits per heavy atom. The van der Waals surface area contributed by atoms with Gasteiger partial charge in [-0.2, -0.15) is 0 Å². The molecule has 1 saturated heterocycles. The Bertz CT molecular complexity index is 1140. The lowest BCUT2D eigenvalue weighted by Gasteiger charge is -2.26. The Balaban J connectivity index is 1.40. The summed E-state index contributed by atoms with van der Waals surface area (Å²) < 4.78 is 3.39. The normalized spacial score (nSPS) is 18.0. The van der Waals surface area contributed by atoms with Crippen molar-refractivity contribution in [3.63, 3.8) is 0 Å². The second-order valence-electron chi connectivity index (χ2n) is 9.00.